The summed E-state index contributed by atoms with van der Waals surface area (Å²) in [6.07, 6.45) is 2.20. The van der Waals surface area contributed by atoms with Crippen molar-refractivity contribution >= 4 is 17.5 Å². The minimum Gasteiger partial charge on any atom is -0.497 e. The van der Waals surface area contributed by atoms with Crippen molar-refractivity contribution in [2.24, 2.45) is 5.92 Å². The van der Waals surface area contributed by atoms with Crippen LogP contribution < -0.4 is 20.6 Å². The van der Waals surface area contributed by atoms with Crippen LogP contribution in [0.3, 0.4) is 0 Å². The third-order valence-electron chi connectivity index (χ3n) is 6.30. The Labute approximate surface area is 196 Å². The van der Waals surface area contributed by atoms with Gasteiger partial charge < -0.3 is 15.0 Å². The van der Waals surface area contributed by atoms with Crippen LogP contribution in [0, 0.1) is 5.92 Å². The fourth-order valence-electron chi connectivity index (χ4n) is 4.34. The van der Waals surface area contributed by atoms with Crippen LogP contribution in [-0.2, 0) is 16.1 Å². The number of carbonyl (C=O) groups is 2. The van der Waals surface area contributed by atoms with E-state index in [-0.39, 0.29) is 37.0 Å². The molecule has 2 aliphatic rings. The molecule has 1 aliphatic heterocycles. The normalized spacial score (nSPS) is 17.7. The number of ether oxygens (including phenoxy) is 1. The smallest absolute Gasteiger partial charge is 0.350 e. The molecule has 2 amide bonds. The molecule has 9 nitrogen and oxygen atoms in total. The molecule has 0 spiro atoms. The molecular formula is C25H27N5O4. The Hall–Kier alpha value is -3.88. The molecule has 176 valence electrons. The van der Waals surface area contributed by atoms with Gasteiger partial charge in [0.05, 0.1) is 25.3 Å². The van der Waals surface area contributed by atoms with E-state index in [0.29, 0.717) is 23.9 Å². The molecule has 2 fully saturated rings. The molecule has 34 heavy (non-hydrogen) atoms. The van der Waals surface area contributed by atoms with Gasteiger partial charge in [-0.05, 0) is 37.1 Å². The molecule has 2 heterocycles. The van der Waals surface area contributed by atoms with Crippen LogP contribution in [-0.4, -0.2) is 46.4 Å². The van der Waals surface area contributed by atoms with Gasteiger partial charge in [-0.15, -0.1) is 0 Å². The van der Waals surface area contributed by atoms with Crippen LogP contribution in [0.1, 0.15) is 31.0 Å². The van der Waals surface area contributed by atoms with E-state index in [1.54, 1.807) is 22.6 Å². The van der Waals surface area contributed by atoms with Crippen LogP contribution in [0.5, 0.6) is 5.75 Å². The van der Waals surface area contributed by atoms with E-state index < -0.39 is 5.92 Å². The highest BCUT2D eigenvalue weighted by Crippen LogP contribution is 2.39. The lowest BCUT2D eigenvalue weighted by atomic mass is 10.1. The molecule has 0 radical (unpaired) electrons. The number of methoxy groups -OCH3 is 1. The maximum atomic E-state index is 13.0. The summed E-state index contributed by atoms with van der Waals surface area (Å²) in [7, 11) is 1.57. The summed E-state index contributed by atoms with van der Waals surface area (Å²) < 4.78 is 8.32. The van der Waals surface area contributed by atoms with Crippen LogP contribution >= 0.6 is 0 Å². The molecule has 5 rings (SSSR count). The highest BCUT2D eigenvalue weighted by Gasteiger charge is 2.35. The molecule has 1 atom stereocenters. The monoisotopic (exact) mass is 461 g/mol. The number of hydrogen-bond donors (Lipinski definition) is 1. The summed E-state index contributed by atoms with van der Waals surface area (Å²) >= 11 is 0. The number of carbonyl (C=O) groups excluding carboxylic acids is 2. The highest BCUT2D eigenvalue weighted by atomic mass is 16.5. The average molecular weight is 462 g/mol. The minimum atomic E-state index is -0.445. The number of anilines is 1. The molecule has 1 aliphatic carbocycles. The standard InChI is InChI=1S/C25H27N5O4/c1-34-21-9-5-8-20(15-21)28-16-18(14-22(28)31)24(32)26-12-13-29-25(33)30(19-6-3-2-4-7-19)23(27-29)17-10-11-17/h2-9,15,17-18H,10-14,16H2,1H3,(H,26,32). The fraction of sp³-hybridized carbons (Fsp3) is 0.360. The summed E-state index contributed by atoms with van der Waals surface area (Å²) in [5, 5.41) is 7.44. The maximum Gasteiger partial charge on any atom is 0.350 e. The summed E-state index contributed by atoms with van der Waals surface area (Å²) in [5.41, 5.74) is 1.31. The quantitative estimate of drug-likeness (QED) is 0.554. The van der Waals surface area contributed by atoms with Gasteiger partial charge in [0.25, 0.3) is 0 Å². The Morgan fingerprint density at radius 1 is 1.09 bits per heavy atom. The van der Waals surface area contributed by atoms with E-state index in [1.807, 2.05) is 48.5 Å². The summed E-state index contributed by atoms with van der Waals surface area (Å²) in [6.45, 7) is 0.842. The Balaban J connectivity index is 1.22. The van der Waals surface area contributed by atoms with Crippen molar-refractivity contribution in [3.05, 3.63) is 70.9 Å². The summed E-state index contributed by atoms with van der Waals surface area (Å²) in [5.74, 6) is 0.995. The fourth-order valence-corrected chi connectivity index (χ4v) is 4.34. The van der Waals surface area contributed by atoms with Gasteiger partial charge in [-0.1, -0.05) is 24.3 Å². The van der Waals surface area contributed by atoms with E-state index in [9.17, 15) is 14.4 Å². The number of rotatable bonds is 8. The van der Waals surface area contributed by atoms with E-state index in [4.69, 9.17) is 4.74 Å². The Kier molecular flexibility index (Phi) is 5.91. The van der Waals surface area contributed by atoms with Crippen LogP contribution in [0.2, 0.25) is 0 Å². The van der Waals surface area contributed by atoms with Crippen LogP contribution in [0.4, 0.5) is 5.69 Å². The van der Waals surface area contributed by atoms with Gasteiger partial charge >= 0.3 is 5.69 Å². The van der Waals surface area contributed by atoms with Gasteiger partial charge in [-0.2, -0.15) is 5.10 Å². The van der Waals surface area contributed by atoms with Crippen molar-refractivity contribution in [1.82, 2.24) is 19.7 Å². The predicted molar refractivity (Wildman–Crippen MR) is 126 cm³/mol. The molecule has 3 aromatic rings. The lowest BCUT2D eigenvalue weighted by Crippen LogP contribution is -2.36. The lowest BCUT2D eigenvalue weighted by Gasteiger charge is -2.17. The third-order valence-corrected chi connectivity index (χ3v) is 6.30. The van der Waals surface area contributed by atoms with Crippen molar-refractivity contribution < 1.29 is 14.3 Å². The van der Waals surface area contributed by atoms with Gasteiger partial charge in [0.1, 0.15) is 11.6 Å². The second kappa shape index (κ2) is 9.17. The number of nitrogens with zero attached hydrogens (tertiary/aromatic N) is 4. The molecule has 1 saturated carbocycles. The largest absolute Gasteiger partial charge is 0.497 e. The molecule has 1 N–H and O–H groups in total. The first-order valence-electron chi connectivity index (χ1n) is 11.5. The SMILES string of the molecule is COc1cccc(N2CC(C(=O)NCCn3nc(C4CC4)n(-c4ccccc4)c3=O)CC2=O)c1. The van der Waals surface area contributed by atoms with Crippen molar-refractivity contribution in [2.75, 3.05) is 25.1 Å². The molecule has 1 saturated heterocycles. The highest BCUT2D eigenvalue weighted by molar-refractivity contribution is 6.00. The zero-order valence-corrected chi connectivity index (χ0v) is 19.0. The average Bonchev–Trinajstić information content (AvgIpc) is 3.56. The van der Waals surface area contributed by atoms with Gasteiger partial charge in [0.15, 0.2) is 0 Å². The van der Waals surface area contributed by atoms with Crippen molar-refractivity contribution in [3.63, 3.8) is 0 Å². The number of hydrogen-bond acceptors (Lipinski definition) is 5. The van der Waals surface area contributed by atoms with Crippen LogP contribution in [0.25, 0.3) is 5.69 Å². The zero-order valence-electron chi connectivity index (χ0n) is 19.0. The topological polar surface area (TPSA) is 98.5 Å². The first-order valence-corrected chi connectivity index (χ1v) is 11.5. The van der Waals surface area contributed by atoms with E-state index >= 15 is 0 Å². The number of amides is 2. The summed E-state index contributed by atoms with van der Waals surface area (Å²) in [6, 6.07) is 16.7. The lowest BCUT2D eigenvalue weighted by molar-refractivity contribution is -0.126. The number of nitrogens with one attached hydrogen (secondary N) is 1. The molecule has 9 heteroatoms. The van der Waals surface area contributed by atoms with E-state index in [1.165, 1.54) is 4.68 Å². The number of aromatic nitrogens is 3. The Bertz CT molecular complexity index is 1260. The minimum absolute atomic E-state index is 0.0969. The van der Waals surface area contributed by atoms with Gasteiger partial charge in [0, 0.05) is 37.2 Å². The molecule has 0 bridgehead atoms. The second-order valence-electron chi connectivity index (χ2n) is 8.71. The van der Waals surface area contributed by atoms with Crippen molar-refractivity contribution in [3.8, 4) is 11.4 Å². The number of para-hydroxylation sites is 1. The third kappa shape index (κ3) is 4.33. The molecule has 1 aromatic heterocycles. The Morgan fingerprint density at radius 2 is 1.85 bits per heavy atom. The second-order valence-corrected chi connectivity index (χ2v) is 8.71. The zero-order chi connectivity index (χ0) is 23.7. The summed E-state index contributed by atoms with van der Waals surface area (Å²) in [4.78, 5) is 39.9. The van der Waals surface area contributed by atoms with E-state index in [0.717, 1.165) is 24.4 Å². The van der Waals surface area contributed by atoms with Crippen molar-refractivity contribution in [2.45, 2.75) is 31.7 Å². The molecular weight excluding hydrogens is 434 g/mol. The van der Waals surface area contributed by atoms with Crippen LogP contribution in [0.15, 0.2) is 59.4 Å². The maximum absolute atomic E-state index is 13.0. The van der Waals surface area contributed by atoms with Gasteiger partial charge in [-0.25, -0.2) is 14.0 Å². The molecule has 2 aromatic carbocycles. The Morgan fingerprint density at radius 3 is 2.59 bits per heavy atom. The first kappa shape index (κ1) is 21.9. The van der Waals surface area contributed by atoms with Gasteiger partial charge in [-0.3, -0.25) is 9.59 Å². The van der Waals surface area contributed by atoms with Gasteiger partial charge in [0.2, 0.25) is 11.8 Å². The van der Waals surface area contributed by atoms with E-state index in [2.05, 4.69) is 10.4 Å². The first-order chi connectivity index (χ1) is 16.5. The van der Waals surface area contributed by atoms with Crippen molar-refractivity contribution in [1.29, 1.82) is 0 Å². The number of benzene rings is 2. The molecule has 1 unspecified atom stereocenters. The predicted octanol–water partition coefficient (Wildman–Crippen LogP) is 2.09.